The molecule has 1 aromatic heterocycles. The number of nitrogens with zero attached hydrogens (tertiary/aromatic N) is 3. The molecule has 0 spiro atoms. The summed E-state index contributed by atoms with van der Waals surface area (Å²) in [6.45, 7) is 7.86. The first-order valence-electron chi connectivity index (χ1n) is 21.2. The third-order valence-electron chi connectivity index (χ3n) is 10.7. The van der Waals surface area contributed by atoms with E-state index in [1.54, 1.807) is 36.4 Å². The molecule has 344 valence electrons. The maximum Gasteiger partial charge on any atom is 0.264 e. The lowest BCUT2D eigenvalue weighted by molar-refractivity contribution is -0.141. The standard InChI is InChI=1S/C46H57N11O8/c1-26-40(58)55-35(43(61)51-19-16-48)23-27-6-12-36(64-20-17-49)31(22-27)32-24-29(9-13-37(32)65-21-18-50)38(44(62)53-26)57(5)45(63)34(14-15-47)54-41(59)33-25-52-39(56-42(33)60)28-7-10-30(11-8-28)46(2,3)4/h6-13,22,24-26,34-35,38H,14-15,17-21,23,47,49-50H2,1-5H3,(H,51,61)(H,53,62)(H,54,59)(H,55,58)(H,52,56,60)/t26-,34?,35-,38-/m0/s1. The van der Waals surface area contributed by atoms with Crippen molar-refractivity contribution >= 4 is 29.5 Å². The van der Waals surface area contributed by atoms with Crippen LogP contribution in [0.3, 0.4) is 0 Å². The molecule has 1 aliphatic heterocycles. The Balaban J connectivity index is 1.56. The van der Waals surface area contributed by atoms with Gasteiger partial charge in [0.25, 0.3) is 11.5 Å². The van der Waals surface area contributed by atoms with E-state index in [1.807, 2.05) is 30.3 Å². The summed E-state index contributed by atoms with van der Waals surface area (Å²) in [7, 11) is 1.36. The highest BCUT2D eigenvalue weighted by atomic mass is 16.5. The lowest BCUT2D eigenvalue weighted by Gasteiger charge is -2.32. The third kappa shape index (κ3) is 12.1. The van der Waals surface area contributed by atoms with Crippen molar-refractivity contribution in [1.29, 1.82) is 5.26 Å². The summed E-state index contributed by atoms with van der Waals surface area (Å²) in [6.07, 6.45) is 1.02. The number of nitrogens with one attached hydrogen (secondary N) is 5. The molecule has 0 fully saturated rings. The van der Waals surface area contributed by atoms with Crippen LogP contribution in [0.25, 0.3) is 22.5 Å². The average molecular weight is 892 g/mol. The van der Waals surface area contributed by atoms with E-state index in [2.05, 4.69) is 52.0 Å². The van der Waals surface area contributed by atoms with Gasteiger partial charge in [0.05, 0.1) is 6.07 Å². The van der Waals surface area contributed by atoms with E-state index in [9.17, 15) is 28.8 Å². The molecule has 5 rings (SSSR count). The van der Waals surface area contributed by atoms with E-state index in [0.29, 0.717) is 33.8 Å². The molecule has 19 heteroatoms. The van der Waals surface area contributed by atoms with Crippen molar-refractivity contribution in [1.82, 2.24) is 36.1 Å². The minimum Gasteiger partial charge on any atom is -0.492 e. The lowest BCUT2D eigenvalue weighted by atomic mass is 9.87. The summed E-state index contributed by atoms with van der Waals surface area (Å²) in [4.78, 5) is 91.2. The Bertz CT molecular complexity index is 2480. The zero-order chi connectivity index (χ0) is 47.4. The molecule has 19 nitrogen and oxygen atoms in total. The Morgan fingerprint density at radius 3 is 2.15 bits per heavy atom. The van der Waals surface area contributed by atoms with Crippen molar-refractivity contribution in [3.8, 4) is 40.1 Å². The molecule has 1 aliphatic rings. The number of nitrogens with two attached hydrogens (primary N) is 3. The van der Waals surface area contributed by atoms with Crippen LogP contribution in [0, 0.1) is 11.3 Å². The Hall–Kier alpha value is -7.14. The first-order chi connectivity index (χ1) is 31.0. The second kappa shape index (κ2) is 22.0. The first kappa shape index (κ1) is 48.9. The van der Waals surface area contributed by atoms with Gasteiger partial charge in [0.2, 0.25) is 23.6 Å². The van der Waals surface area contributed by atoms with Gasteiger partial charge < -0.3 is 57.8 Å². The molecule has 0 aliphatic carbocycles. The van der Waals surface area contributed by atoms with E-state index in [-0.39, 0.29) is 74.6 Å². The van der Waals surface area contributed by atoms with Gasteiger partial charge in [0.15, 0.2) is 0 Å². The molecular weight excluding hydrogens is 835 g/mol. The van der Waals surface area contributed by atoms with E-state index >= 15 is 0 Å². The maximum absolute atomic E-state index is 14.6. The average Bonchev–Trinajstić information content (AvgIpc) is 3.28. The van der Waals surface area contributed by atoms with Gasteiger partial charge in [-0.1, -0.05) is 57.2 Å². The monoisotopic (exact) mass is 891 g/mol. The summed E-state index contributed by atoms with van der Waals surface area (Å²) in [5.41, 5.74) is 19.8. The maximum atomic E-state index is 14.6. The van der Waals surface area contributed by atoms with Crippen LogP contribution >= 0.6 is 0 Å². The summed E-state index contributed by atoms with van der Waals surface area (Å²) >= 11 is 0. The van der Waals surface area contributed by atoms with Crippen LogP contribution in [0.5, 0.6) is 11.5 Å². The number of likely N-dealkylation sites (N-methyl/N-ethyl adjacent to an activating group) is 1. The number of H-pyrrole nitrogens is 1. The van der Waals surface area contributed by atoms with Crippen molar-refractivity contribution in [3.63, 3.8) is 0 Å². The highest BCUT2D eigenvalue weighted by Crippen LogP contribution is 2.40. The lowest BCUT2D eigenvalue weighted by Crippen LogP contribution is -2.56. The molecule has 4 aromatic rings. The van der Waals surface area contributed by atoms with Crippen molar-refractivity contribution in [2.75, 3.05) is 46.4 Å². The summed E-state index contributed by atoms with van der Waals surface area (Å²) < 4.78 is 12.1. The number of ether oxygens (including phenoxy) is 2. The Morgan fingerprint density at radius 1 is 0.908 bits per heavy atom. The quantitative estimate of drug-likeness (QED) is 0.0771. The van der Waals surface area contributed by atoms with Crippen LogP contribution in [0.1, 0.15) is 67.2 Å². The van der Waals surface area contributed by atoms with Crippen LogP contribution in [-0.4, -0.2) is 109 Å². The zero-order valence-electron chi connectivity index (χ0n) is 37.2. The predicted octanol–water partition coefficient (Wildman–Crippen LogP) is 0.909. The second-order valence-electron chi connectivity index (χ2n) is 16.5. The fraction of sp³-hybridized carbons (Fsp3) is 0.391. The molecule has 0 saturated heterocycles. The topological polar surface area (TPSA) is 303 Å². The Morgan fingerprint density at radius 2 is 1.55 bits per heavy atom. The van der Waals surface area contributed by atoms with Gasteiger partial charge in [-0.05, 0) is 66.3 Å². The largest absolute Gasteiger partial charge is 0.492 e. The normalized spacial score (nSPS) is 16.7. The molecule has 11 N–H and O–H groups in total. The predicted molar refractivity (Wildman–Crippen MR) is 242 cm³/mol. The minimum absolute atomic E-state index is 0.0157. The molecule has 3 aromatic carbocycles. The van der Waals surface area contributed by atoms with Crippen LogP contribution in [-0.2, 0) is 31.0 Å². The molecule has 1 unspecified atom stereocenters. The van der Waals surface area contributed by atoms with Crippen molar-refractivity contribution in [2.24, 2.45) is 17.2 Å². The van der Waals surface area contributed by atoms with Gasteiger partial charge in [-0.25, -0.2) is 4.98 Å². The fourth-order valence-electron chi connectivity index (χ4n) is 7.20. The number of fused-ring (bicyclic) bond motifs is 5. The van der Waals surface area contributed by atoms with Gasteiger partial charge in [-0.15, -0.1) is 0 Å². The van der Waals surface area contributed by atoms with Gasteiger partial charge >= 0.3 is 0 Å². The van der Waals surface area contributed by atoms with E-state index < -0.39 is 59.3 Å². The summed E-state index contributed by atoms with van der Waals surface area (Å²) in [5, 5.41) is 19.6. The van der Waals surface area contributed by atoms with E-state index in [4.69, 9.17) is 31.9 Å². The number of carbonyl (C=O) groups excluding carboxylic acids is 5. The number of aromatic amines is 1. The van der Waals surface area contributed by atoms with Gasteiger partial charge in [-0.2, -0.15) is 5.26 Å². The highest BCUT2D eigenvalue weighted by Gasteiger charge is 2.36. The third-order valence-corrected chi connectivity index (χ3v) is 10.7. The number of aromatic nitrogens is 2. The zero-order valence-corrected chi connectivity index (χ0v) is 37.2. The van der Waals surface area contributed by atoms with Gasteiger partial charge in [0.1, 0.15) is 66.8 Å². The molecule has 65 heavy (non-hydrogen) atoms. The van der Waals surface area contributed by atoms with Gasteiger partial charge in [0, 0.05) is 49.4 Å². The minimum atomic E-state index is -1.46. The van der Waals surface area contributed by atoms with Crippen LogP contribution in [0.4, 0.5) is 0 Å². The number of rotatable bonds is 15. The number of carbonyl (C=O) groups is 5. The number of benzene rings is 3. The van der Waals surface area contributed by atoms with Crippen LogP contribution in [0.15, 0.2) is 71.7 Å². The highest BCUT2D eigenvalue weighted by molar-refractivity contribution is 5.99. The Kier molecular flexibility index (Phi) is 16.5. The second-order valence-corrected chi connectivity index (χ2v) is 16.5. The molecule has 4 atom stereocenters. The van der Waals surface area contributed by atoms with E-state index in [1.165, 1.54) is 14.0 Å². The molecule has 4 bridgehead atoms. The number of hydrogen-bond donors (Lipinski definition) is 8. The SMILES string of the molecule is C[C@@H]1NC(=O)[C@@H](N(C)C(=O)C(CCN)NC(=O)c2cnc(-c3ccc(C(C)(C)C)cc3)[nH]c2=O)c2ccc(OCCN)c(c2)-c2cc(ccc2OCCN)C[C@@H](C(=O)NCC#N)NC1=O. The molecule has 2 heterocycles. The molecular formula is C46H57N11O8. The number of amides is 5. The van der Waals surface area contributed by atoms with E-state index in [0.717, 1.165) is 16.7 Å². The van der Waals surface area contributed by atoms with Crippen molar-refractivity contribution < 1.29 is 33.4 Å². The van der Waals surface area contributed by atoms with Crippen molar-refractivity contribution in [2.45, 2.75) is 70.1 Å². The van der Waals surface area contributed by atoms with Crippen LogP contribution in [0.2, 0.25) is 0 Å². The summed E-state index contributed by atoms with van der Waals surface area (Å²) in [6, 6.07) is 14.1. The first-order valence-corrected chi connectivity index (χ1v) is 21.2. The summed E-state index contributed by atoms with van der Waals surface area (Å²) in [5.74, 6) is -2.87. The van der Waals surface area contributed by atoms with Crippen LogP contribution < -0.4 is 53.5 Å². The van der Waals surface area contributed by atoms with Crippen molar-refractivity contribution in [3.05, 3.63) is 99.5 Å². The van der Waals surface area contributed by atoms with Gasteiger partial charge in [-0.3, -0.25) is 28.8 Å². The molecule has 0 radical (unpaired) electrons. The molecule has 5 amide bonds. The molecule has 0 saturated carbocycles. The fourth-order valence-corrected chi connectivity index (χ4v) is 7.20. The number of nitriles is 1. The number of hydrogen-bond acceptors (Lipinski definition) is 13. The Labute approximate surface area is 376 Å². The smallest absolute Gasteiger partial charge is 0.264 e.